The van der Waals surface area contributed by atoms with E-state index in [9.17, 15) is 19.7 Å². The Morgan fingerprint density at radius 1 is 1.18 bits per heavy atom. The Kier molecular flexibility index (Phi) is 7.34. The molecule has 1 heterocycles. The third-order valence-electron chi connectivity index (χ3n) is 4.74. The molecule has 1 amide bonds. The maximum Gasteiger partial charge on any atom is 0.344 e. The Morgan fingerprint density at radius 2 is 1.85 bits per heavy atom. The van der Waals surface area contributed by atoms with Crippen molar-refractivity contribution >= 4 is 39.2 Å². The maximum absolute atomic E-state index is 12.3. The zero-order chi connectivity index (χ0) is 24.1. The van der Waals surface area contributed by atoms with Crippen molar-refractivity contribution in [3.8, 4) is 5.75 Å². The van der Waals surface area contributed by atoms with Crippen LogP contribution in [-0.2, 0) is 11.3 Å². The van der Waals surface area contributed by atoms with E-state index < -0.39 is 16.8 Å². The van der Waals surface area contributed by atoms with Gasteiger partial charge in [-0.05, 0) is 78.7 Å². The summed E-state index contributed by atoms with van der Waals surface area (Å²) in [7, 11) is 0. The first-order valence-electron chi connectivity index (χ1n) is 9.76. The Hall–Kier alpha value is -3.86. The van der Waals surface area contributed by atoms with Crippen molar-refractivity contribution in [1.29, 1.82) is 0 Å². The van der Waals surface area contributed by atoms with Gasteiger partial charge in [-0.2, -0.15) is 10.2 Å². The van der Waals surface area contributed by atoms with Crippen LogP contribution in [0.2, 0.25) is 0 Å². The SMILES string of the molecule is C/C(=N\NC(=O)Cn1nc(C)c([N+](=O)[O-])c1C)c1ccc(OC(=O)c2ccccc2Br)cc1. The first-order valence-corrected chi connectivity index (χ1v) is 10.6. The van der Waals surface area contributed by atoms with E-state index in [2.05, 4.69) is 31.6 Å². The number of hydrogen-bond donors (Lipinski definition) is 1. The number of nitrogens with zero attached hydrogens (tertiary/aromatic N) is 4. The molecule has 170 valence electrons. The molecule has 0 aliphatic heterocycles. The summed E-state index contributed by atoms with van der Waals surface area (Å²) in [4.78, 5) is 35.1. The molecule has 3 rings (SSSR count). The Morgan fingerprint density at radius 3 is 2.45 bits per heavy atom. The molecule has 2 aromatic carbocycles. The van der Waals surface area contributed by atoms with E-state index in [4.69, 9.17) is 4.74 Å². The highest BCUT2D eigenvalue weighted by Crippen LogP contribution is 2.22. The fourth-order valence-electron chi connectivity index (χ4n) is 3.04. The minimum atomic E-state index is -0.520. The predicted molar refractivity (Wildman–Crippen MR) is 124 cm³/mol. The predicted octanol–water partition coefficient (Wildman–Crippen LogP) is 3.93. The molecule has 1 N–H and O–H groups in total. The van der Waals surface area contributed by atoms with Crippen molar-refractivity contribution in [1.82, 2.24) is 15.2 Å². The van der Waals surface area contributed by atoms with Crippen LogP contribution in [0.15, 0.2) is 58.1 Å². The number of amides is 1. The molecule has 0 saturated heterocycles. The number of carbonyl (C=O) groups is 2. The van der Waals surface area contributed by atoms with Gasteiger partial charge >= 0.3 is 11.7 Å². The number of hydrogen-bond acceptors (Lipinski definition) is 7. The standard InChI is InChI=1S/C22H20BrN5O5/c1-13(24-25-20(29)12-27-15(3)21(28(31)32)14(2)26-27)16-8-10-17(11-9-16)33-22(30)18-6-4-5-7-19(18)23/h4-11H,12H2,1-3H3,(H,25,29)/b24-13+. The maximum atomic E-state index is 12.3. The smallest absolute Gasteiger partial charge is 0.344 e. The van der Waals surface area contributed by atoms with Crippen molar-refractivity contribution < 1.29 is 19.2 Å². The van der Waals surface area contributed by atoms with Gasteiger partial charge in [0.05, 0.1) is 16.2 Å². The van der Waals surface area contributed by atoms with Gasteiger partial charge in [-0.15, -0.1) is 0 Å². The Labute approximate surface area is 197 Å². The minimum Gasteiger partial charge on any atom is -0.423 e. The van der Waals surface area contributed by atoms with Gasteiger partial charge < -0.3 is 4.74 Å². The number of aryl methyl sites for hydroxylation is 1. The van der Waals surface area contributed by atoms with E-state index in [0.29, 0.717) is 32.8 Å². The van der Waals surface area contributed by atoms with Crippen molar-refractivity contribution in [3.63, 3.8) is 0 Å². The lowest BCUT2D eigenvalue weighted by molar-refractivity contribution is -0.386. The van der Waals surface area contributed by atoms with E-state index in [1.54, 1.807) is 55.5 Å². The second-order valence-electron chi connectivity index (χ2n) is 7.06. The molecule has 0 fully saturated rings. The molecule has 33 heavy (non-hydrogen) atoms. The van der Waals surface area contributed by atoms with E-state index in [1.165, 1.54) is 18.5 Å². The number of halogens is 1. The highest BCUT2D eigenvalue weighted by atomic mass is 79.9. The largest absolute Gasteiger partial charge is 0.423 e. The summed E-state index contributed by atoms with van der Waals surface area (Å²) in [5.41, 5.74) is 4.48. The number of nitro groups is 1. The quantitative estimate of drug-likeness (QED) is 0.167. The number of rotatable bonds is 7. The lowest BCUT2D eigenvalue weighted by Crippen LogP contribution is -2.25. The summed E-state index contributed by atoms with van der Waals surface area (Å²) >= 11 is 3.32. The van der Waals surface area contributed by atoms with Crippen LogP contribution in [0.4, 0.5) is 5.69 Å². The molecule has 0 unspecified atom stereocenters. The number of hydrazone groups is 1. The average Bonchev–Trinajstić information content (AvgIpc) is 3.05. The molecule has 0 saturated carbocycles. The number of ether oxygens (including phenoxy) is 1. The second-order valence-corrected chi connectivity index (χ2v) is 7.91. The topological polar surface area (TPSA) is 129 Å². The summed E-state index contributed by atoms with van der Waals surface area (Å²) in [6.45, 7) is 4.55. The van der Waals surface area contributed by atoms with Gasteiger partial charge in [-0.1, -0.05) is 12.1 Å². The first-order chi connectivity index (χ1) is 15.7. The second kappa shape index (κ2) is 10.2. The van der Waals surface area contributed by atoms with Gasteiger partial charge in [0.1, 0.15) is 23.7 Å². The van der Waals surface area contributed by atoms with Gasteiger partial charge in [0, 0.05) is 4.47 Å². The Bertz CT molecular complexity index is 1250. The van der Waals surface area contributed by atoms with E-state index in [0.717, 1.165) is 0 Å². The molecule has 10 nitrogen and oxygen atoms in total. The molecule has 3 aromatic rings. The fraction of sp³-hybridized carbons (Fsp3) is 0.182. The molecule has 0 spiro atoms. The first kappa shape index (κ1) is 23.8. The molecular formula is C22H20BrN5O5. The van der Waals surface area contributed by atoms with E-state index >= 15 is 0 Å². The summed E-state index contributed by atoms with van der Waals surface area (Å²) in [5.74, 6) is -0.603. The number of aromatic nitrogens is 2. The molecule has 1 aromatic heterocycles. The van der Waals surface area contributed by atoms with Gasteiger partial charge in [-0.25, -0.2) is 10.2 Å². The third-order valence-corrected chi connectivity index (χ3v) is 5.44. The van der Waals surface area contributed by atoms with E-state index in [-0.39, 0.29) is 17.9 Å². The highest BCUT2D eigenvalue weighted by Gasteiger charge is 2.22. The van der Waals surface area contributed by atoms with Crippen molar-refractivity contribution in [2.75, 3.05) is 0 Å². The third kappa shape index (κ3) is 5.69. The molecule has 11 heteroatoms. The van der Waals surface area contributed by atoms with Crippen LogP contribution in [0.1, 0.15) is 34.2 Å². The number of carbonyl (C=O) groups excluding carboxylic acids is 2. The Balaban J connectivity index is 1.61. The zero-order valence-corrected chi connectivity index (χ0v) is 19.6. The van der Waals surface area contributed by atoms with Crippen molar-refractivity contribution in [2.45, 2.75) is 27.3 Å². The van der Waals surface area contributed by atoms with Gasteiger partial charge in [0.2, 0.25) is 0 Å². The summed E-state index contributed by atoms with van der Waals surface area (Å²) < 4.78 is 7.29. The van der Waals surface area contributed by atoms with Crippen LogP contribution < -0.4 is 10.2 Å². The van der Waals surface area contributed by atoms with Crippen LogP contribution in [0.3, 0.4) is 0 Å². The average molecular weight is 514 g/mol. The fourth-order valence-corrected chi connectivity index (χ4v) is 3.49. The van der Waals surface area contributed by atoms with Crippen LogP contribution in [-0.4, -0.2) is 32.3 Å². The van der Waals surface area contributed by atoms with Gasteiger partial charge in [-0.3, -0.25) is 19.6 Å². The molecular weight excluding hydrogens is 494 g/mol. The van der Waals surface area contributed by atoms with E-state index in [1.807, 2.05) is 0 Å². The molecule has 0 radical (unpaired) electrons. The summed E-state index contributed by atoms with van der Waals surface area (Å²) in [5, 5.41) is 19.2. The van der Waals surface area contributed by atoms with Crippen molar-refractivity contribution in [2.24, 2.45) is 5.10 Å². The monoisotopic (exact) mass is 513 g/mol. The number of esters is 1. The lowest BCUT2D eigenvalue weighted by atomic mass is 10.1. The van der Waals surface area contributed by atoms with Gasteiger partial charge in [0.25, 0.3) is 5.91 Å². The van der Waals surface area contributed by atoms with Crippen molar-refractivity contribution in [3.05, 3.63) is 85.6 Å². The molecule has 0 aliphatic carbocycles. The minimum absolute atomic E-state index is 0.108. The lowest BCUT2D eigenvalue weighted by Gasteiger charge is -2.07. The van der Waals surface area contributed by atoms with Crippen LogP contribution in [0, 0.1) is 24.0 Å². The number of nitrogens with one attached hydrogen (secondary N) is 1. The van der Waals surface area contributed by atoms with Gasteiger partial charge in [0.15, 0.2) is 0 Å². The molecule has 0 atom stereocenters. The molecule has 0 bridgehead atoms. The number of benzene rings is 2. The van der Waals surface area contributed by atoms with Crippen LogP contribution in [0.25, 0.3) is 0 Å². The normalized spacial score (nSPS) is 11.2. The zero-order valence-electron chi connectivity index (χ0n) is 18.0. The summed E-state index contributed by atoms with van der Waals surface area (Å²) in [6.07, 6.45) is 0. The summed E-state index contributed by atoms with van der Waals surface area (Å²) in [6, 6.07) is 13.6. The van der Waals surface area contributed by atoms with Crippen LogP contribution >= 0.6 is 15.9 Å². The molecule has 0 aliphatic rings. The van der Waals surface area contributed by atoms with Crippen LogP contribution in [0.5, 0.6) is 5.75 Å². The highest BCUT2D eigenvalue weighted by molar-refractivity contribution is 9.10.